The molecule has 12 heavy (non-hydrogen) atoms. The summed E-state index contributed by atoms with van der Waals surface area (Å²) in [5.41, 5.74) is 0.833. The summed E-state index contributed by atoms with van der Waals surface area (Å²) in [5, 5.41) is 9.17. The second kappa shape index (κ2) is 3.00. The fourth-order valence-corrected chi connectivity index (χ4v) is 3.45. The van der Waals surface area contributed by atoms with E-state index in [1.807, 2.05) is 0 Å². The molecule has 1 rings (SSSR count). The fraction of sp³-hybridized carbons (Fsp3) is 0.800. The Morgan fingerprint density at radius 2 is 2.08 bits per heavy atom. The van der Waals surface area contributed by atoms with E-state index in [9.17, 15) is 5.11 Å². The molecule has 1 N–H and O–H groups in total. The third kappa shape index (κ3) is 1.99. The van der Waals surface area contributed by atoms with E-state index in [-0.39, 0.29) is 5.41 Å². The Bertz CT molecular complexity index is 193. The van der Waals surface area contributed by atoms with Crippen LogP contribution in [0.3, 0.4) is 0 Å². The minimum Gasteiger partial charge on any atom is -0.395 e. The van der Waals surface area contributed by atoms with E-state index in [0.29, 0.717) is 6.61 Å². The number of hydrogen-bond donors (Lipinski definition) is 1. The van der Waals surface area contributed by atoms with Crippen LogP contribution in [0.1, 0.15) is 13.3 Å². The van der Waals surface area contributed by atoms with Crippen molar-refractivity contribution in [1.29, 1.82) is 0 Å². The van der Waals surface area contributed by atoms with Gasteiger partial charge < -0.3 is 5.11 Å². The summed E-state index contributed by atoms with van der Waals surface area (Å²) in [6.45, 7) is 9.62. The van der Waals surface area contributed by atoms with Crippen molar-refractivity contribution in [1.82, 2.24) is 0 Å². The molecule has 2 heteroatoms. The van der Waals surface area contributed by atoms with Gasteiger partial charge in [0.2, 0.25) is 0 Å². The summed E-state index contributed by atoms with van der Waals surface area (Å²) >= 11 is 0. The molecule has 0 amide bonds. The van der Waals surface area contributed by atoms with Crippen molar-refractivity contribution in [2.24, 2.45) is 5.41 Å². The van der Waals surface area contributed by atoms with Crippen LogP contribution in [0.4, 0.5) is 0 Å². The maximum Gasteiger partial charge on any atom is 0.0519 e. The first kappa shape index (κ1) is 10.0. The lowest BCUT2D eigenvalue weighted by Crippen LogP contribution is -2.28. The van der Waals surface area contributed by atoms with Gasteiger partial charge in [0.25, 0.3) is 0 Å². The van der Waals surface area contributed by atoms with Gasteiger partial charge in [-0.1, -0.05) is 38.7 Å². The van der Waals surface area contributed by atoms with Crippen molar-refractivity contribution in [3.63, 3.8) is 0 Å². The van der Waals surface area contributed by atoms with E-state index < -0.39 is 8.07 Å². The number of aliphatic hydroxyl groups is 1. The standard InChI is InChI=1S/C10H20OSi/c1-10(8-11)6-5-9(7-10)12(2,3)4/h5-6,9,11H,7-8H2,1-4H3/t9-,10-/m0/s1. The molecule has 0 saturated heterocycles. The number of rotatable bonds is 2. The molecule has 0 bridgehead atoms. The lowest BCUT2D eigenvalue weighted by atomic mass is 9.92. The molecule has 0 aromatic carbocycles. The molecule has 0 heterocycles. The molecule has 2 atom stereocenters. The molecule has 0 spiro atoms. The first-order chi connectivity index (χ1) is 5.37. The molecule has 0 aromatic rings. The highest BCUT2D eigenvalue weighted by atomic mass is 28.3. The molecule has 0 aliphatic heterocycles. The summed E-state index contributed by atoms with van der Waals surface area (Å²) in [6, 6.07) is 0. The van der Waals surface area contributed by atoms with Crippen LogP contribution in [0.2, 0.25) is 25.2 Å². The van der Waals surface area contributed by atoms with Crippen LogP contribution < -0.4 is 0 Å². The largest absolute Gasteiger partial charge is 0.395 e. The zero-order valence-electron chi connectivity index (χ0n) is 8.59. The third-order valence-corrected chi connectivity index (χ3v) is 5.51. The van der Waals surface area contributed by atoms with Crippen molar-refractivity contribution in [2.75, 3.05) is 6.61 Å². The Hall–Kier alpha value is -0.0831. The molecular formula is C10H20OSi. The lowest BCUT2D eigenvalue weighted by molar-refractivity contribution is 0.183. The van der Waals surface area contributed by atoms with E-state index in [0.717, 1.165) is 12.0 Å². The lowest BCUT2D eigenvalue weighted by Gasteiger charge is -2.27. The summed E-state index contributed by atoms with van der Waals surface area (Å²) in [4.78, 5) is 0. The topological polar surface area (TPSA) is 20.2 Å². The molecule has 70 valence electrons. The Morgan fingerprint density at radius 1 is 1.50 bits per heavy atom. The summed E-state index contributed by atoms with van der Waals surface area (Å²) in [6.07, 6.45) is 5.68. The summed E-state index contributed by atoms with van der Waals surface area (Å²) < 4.78 is 0. The first-order valence-electron chi connectivity index (χ1n) is 4.68. The van der Waals surface area contributed by atoms with Crippen molar-refractivity contribution in [3.05, 3.63) is 12.2 Å². The second-order valence-corrected chi connectivity index (χ2v) is 10.8. The first-order valence-corrected chi connectivity index (χ1v) is 8.25. The Kier molecular flexibility index (Phi) is 2.50. The molecule has 1 nitrogen and oxygen atoms in total. The maximum absolute atomic E-state index is 9.17. The van der Waals surface area contributed by atoms with Crippen molar-refractivity contribution in [3.8, 4) is 0 Å². The van der Waals surface area contributed by atoms with Gasteiger partial charge >= 0.3 is 0 Å². The van der Waals surface area contributed by atoms with Crippen LogP contribution in [0, 0.1) is 5.41 Å². The molecule has 1 aliphatic rings. The number of allylic oxidation sites excluding steroid dienone is 1. The number of aliphatic hydroxyl groups excluding tert-OH is 1. The van der Waals surface area contributed by atoms with Gasteiger partial charge in [0.15, 0.2) is 0 Å². The van der Waals surface area contributed by atoms with E-state index in [1.165, 1.54) is 0 Å². The molecule has 0 fully saturated rings. The molecule has 0 unspecified atom stereocenters. The fourth-order valence-electron chi connectivity index (χ4n) is 1.70. The van der Waals surface area contributed by atoms with Gasteiger partial charge in [-0.25, -0.2) is 0 Å². The van der Waals surface area contributed by atoms with Gasteiger partial charge in [0.1, 0.15) is 0 Å². The third-order valence-electron chi connectivity index (χ3n) is 2.89. The van der Waals surface area contributed by atoms with Gasteiger partial charge in [-0.3, -0.25) is 0 Å². The van der Waals surface area contributed by atoms with Gasteiger partial charge in [0, 0.05) is 5.41 Å². The van der Waals surface area contributed by atoms with Crippen LogP contribution in [0.25, 0.3) is 0 Å². The summed E-state index contributed by atoms with van der Waals surface area (Å²) in [7, 11) is -1.03. The van der Waals surface area contributed by atoms with E-state index in [4.69, 9.17) is 0 Å². The van der Waals surface area contributed by atoms with Crippen LogP contribution in [0.15, 0.2) is 12.2 Å². The van der Waals surface area contributed by atoms with Crippen LogP contribution in [0.5, 0.6) is 0 Å². The summed E-state index contributed by atoms with van der Waals surface area (Å²) in [5.74, 6) is 0. The quantitative estimate of drug-likeness (QED) is 0.517. The predicted molar refractivity (Wildman–Crippen MR) is 56.0 cm³/mol. The van der Waals surface area contributed by atoms with Crippen molar-refractivity contribution < 1.29 is 5.11 Å². The van der Waals surface area contributed by atoms with E-state index >= 15 is 0 Å². The monoisotopic (exact) mass is 184 g/mol. The normalized spacial score (nSPS) is 35.9. The second-order valence-electron chi connectivity index (χ2n) is 5.35. The average molecular weight is 184 g/mol. The highest BCUT2D eigenvalue weighted by Crippen LogP contribution is 2.43. The van der Waals surface area contributed by atoms with Crippen molar-refractivity contribution in [2.45, 2.75) is 38.5 Å². The van der Waals surface area contributed by atoms with Crippen LogP contribution in [-0.2, 0) is 0 Å². The van der Waals surface area contributed by atoms with E-state index in [1.54, 1.807) is 0 Å². The Labute approximate surface area is 76.5 Å². The molecule has 0 aromatic heterocycles. The molecule has 0 radical (unpaired) electrons. The van der Waals surface area contributed by atoms with Gasteiger partial charge in [0.05, 0.1) is 14.7 Å². The van der Waals surface area contributed by atoms with Gasteiger partial charge in [-0.05, 0) is 12.0 Å². The van der Waals surface area contributed by atoms with Crippen molar-refractivity contribution >= 4 is 8.07 Å². The highest BCUT2D eigenvalue weighted by Gasteiger charge is 2.36. The Morgan fingerprint density at radius 3 is 2.33 bits per heavy atom. The highest BCUT2D eigenvalue weighted by molar-refractivity contribution is 6.78. The minimum absolute atomic E-state index is 0.0744. The van der Waals surface area contributed by atoms with Gasteiger partial charge in [-0.15, -0.1) is 0 Å². The van der Waals surface area contributed by atoms with Gasteiger partial charge in [-0.2, -0.15) is 0 Å². The molecule has 0 saturated carbocycles. The van der Waals surface area contributed by atoms with E-state index in [2.05, 4.69) is 38.7 Å². The van der Waals surface area contributed by atoms with Crippen LogP contribution >= 0.6 is 0 Å². The number of hydrogen-bond acceptors (Lipinski definition) is 1. The smallest absolute Gasteiger partial charge is 0.0519 e. The maximum atomic E-state index is 9.17. The molecule has 1 aliphatic carbocycles. The van der Waals surface area contributed by atoms with Crippen LogP contribution in [-0.4, -0.2) is 19.8 Å². The Balaban J connectivity index is 2.65. The predicted octanol–water partition coefficient (Wildman–Crippen LogP) is 2.65. The zero-order valence-corrected chi connectivity index (χ0v) is 9.59. The molecular weight excluding hydrogens is 164 g/mol. The average Bonchev–Trinajstić information content (AvgIpc) is 2.32. The minimum atomic E-state index is -1.03. The SMILES string of the molecule is C[C@]1(CO)C=C[C@H]([Si](C)(C)C)C1. The zero-order chi connectivity index (χ0) is 9.41.